The van der Waals surface area contributed by atoms with Gasteiger partial charge in [0.2, 0.25) is 5.91 Å². The first kappa shape index (κ1) is 14.5. The average molecular weight is 279 g/mol. The third-order valence-corrected chi connectivity index (χ3v) is 3.90. The molecule has 1 aromatic rings. The maximum atomic E-state index is 13.3. The van der Waals surface area contributed by atoms with Crippen molar-refractivity contribution in [3.8, 4) is 0 Å². The second kappa shape index (κ2) is 5.58. The van der Waals surface area contributed by atoms with Gasteiger partial charge in [-0.05, 0) is 43.0 Å². The smallest absolute Gasteiger partial charge is 0.251 e. The number of nitrogens with one attached hydrogen (secondary N) is 1. The predicted octanol–water partition coefficient (Wildman–Crippen LogP) is 1.38. The number of anilines is 1. The molecule has 1 saturated carbocycles. The van der Waals surface area contributed by atoms with Crippen LogP contribution < -0.4 is 16.8 Å². The van der Waals surface area contributed by atoms with Gasteiger partial charge in [-0.15, -0.1) is 0 Å². The zero-order valence-electron chi connectivity index (χ0n) is 11.1. The van der Waals surface area contributed by atoms with Crippen molar-refractivity contribution in [2.45, 2.75) is 25.7 Å². The number of amides is 2. The Kier molecular flexibility index (Phi) is 4.04. The van der Waals surface area contributed by atoms with Crippen molar-refractivity contribution in [2.24, 2.45) is 16.9 Å². The molecule has 5 N–H and O–H groups in total. The number of primary amides is 1. The van der Waals surface area contributed by atoms with Crippen LogP contribution in [0.1, 0.15) is 36.0 Å². The zero-order chi connectivity index (χ0) is 14.8. The Hall–Kier alpha value is -1.95. The van der Waals surface area contributed by atoms with E-state index in [1.165, 1.54) is 12.1 Å². The second-order valence-corrected chi connectivity index (χ2v) is 5.34. The highest BCUT2D eigenvalue weighted by Crippen LogP contribution is 2.43. The number of carbonyl (C=O) groups is 2. The number of rotatable bonds is 5. The molecule has 1 aliphatic carbocycles. The molecule has 0 aliphatic heterocycles. The highest BCUT2D eigenvalue weighted by atomic mass is 19.1. The Morgan fingerprint density at radius 2 is 2.05 bits per heavy atom. The summed E-state index contributed by atoms with van der Waals surface area (Å²) in [7, 11) is 0. The van der Waals surface area contributed by atoms with E-state index in [1.54, 1.807) is 0 Å². The van der Waals surface area contributed by atoms with Gasteiger partial charge in [-0.25, -0.2) is 4.39 Å². The number of halogens is 1. The van der Waals surface area contributed by atoms with Gasteiger partial charge in [0.15, 0.2) is 0 Å². The van der Waals surface area contributed by atoms with Crippen molar-refractivity contribution >= 4 is 17.5 Å². The first-order valence-electron chi connectivity index (χ1n) is 6.55. The molecule has 20 heavy (non-hydrogen) atoms. The van der Waals surface area contributed by atoms with Crippen LogP contribution in [-0.4, -0.2) is 18.4 Å². The standard InChI is InChI=1S/C14H18FN3O2/c15-11-3-2-9(6-10(11)13(17)20)18-12(19)7-14(8-16)4-1-5-14/h2-3,6H,1,4-5,7-8,16H2,(H2,17,20)(H,18,19). The quantitative estimate of drug-likeness (QED) is 0.759. The van der Waals surface area contributed by atoms with E-state index in [4.69, 9.17) is 11.5 Å². The van der Waals surface area contributed by atoms with Gasteiger partial charge in [0, 0.05) is 12.1 Å². The molecule has 2 rings (SSSR count). The lowest BCUT2D eigenvalue weighted by molar-refractivity contribution is -0.119. The van der Waals surface area contributed by atoms with Gasteiger partial charge in [0.1, 0.15) is 5.82 Å². The molecule has 0 aromatic heterocycles. The number of nitrogens with two attached hydrogens (primary N) is 2. The Labute approximate surface area is 116 Å². The summed E-state index contributed by atoms with van der Waals surface area (Å²) in [5.41, 5.74) is 10.8. The Morgan fingerprint density at radius 1 is 1.35 bits per heavy atom. The van der Waals surface area contributed by atoms with E-state index in [9.17, 15) is 14.0 Å². The van der Waals surface area contributed by atoms with Gasteiger partial charge in [-0.2, -0.15) is 0 Å². The summed E-state index contributed by atoms with van der Waals surface area (Å²) in [5, 5.41) is 2.65. The van der Waals surface area contributed by atoms with Crippen molar-refractivity contribution in [1.82, 2.24) is 0 Å². The minimum atomic E-state index is -0.865. The van der Waals surface area contributed by atoms with Crippen LogP contribution in [0.3, 0.4) is 0 Å². The minimum absolute atomic E-state index is 0.101. The third-order valence-electron chi connectivity index (χ3n) is 3.90. The van der Waals surface area contributed by atoms with Crippen molar-refractivity contribution in [3.63, 3.8) is 0 Å². The van der Waals surface area contributed by atoms with Crippen molar-refractivity contribution in [3.05, 3.63) is 29.6 Å². The SMILES string of the molecule is NCC1(CC(=O)Nc2ccc(F)c(C(N)=O)c2)CCC1. The van der Waals surface area contributed by atoms with Gasteiger partial charge in [0.05, 0.1) is 5.56 Å². The number of hydrogen-bond donors (Lipinski definition) is 3. The van der Waals surface area contributed by atoms with Gasteiger partial charge in [-0.3, -0.25) is 9.59 Å². The molecule has 0 spiro atoms. The summed E-state index contributed by atoms with van der Waals surface area (Å²) in [4.78, 5) is 23.0. The van der Waals surface area contributed by atoms with E-state index in [-0.39, 0.29) is 16.9 Å². The molecule has 1 aliphatic rings. The molecule has 0 atom stereocenters. The molecule has 2 amide bonds. The summed E-state index contributed by atoms with van der Waals surface area (Å²) < 4.78 is 13.3. The number of hydrogen-bond acceptors (Lipinski definition) is 3. The Bertz CT molecular complexity index is 536. The fourth-order valence-electron chi connectivity index (χ4n) is 2.47. The molecule has 1 aromatic carbocycles. The van der Waals surface area contributed by atoms with E-state index >= 15 is 0 Å². The van der Waals surface area contributed by atoms with Crippen LogP contribution >= 0.6 is 0 Å². The van der Waals surface area contributed by atoms with Crippen LogP contribution in [0, 0.1) is 11.2 Å². The highest BCUT2D eigenvalue weighted by molar-refractivity contribution is 5.96. The monoisotopic (exact) mass is 279 g/mol. The lowest BCUT2D eigenvalue weighted by Crippen LogP contribution is -2.40. The van der Waals surface area contributed by atoms with Crippen molar-refractivity contribution in [2.75, 3.05) is 11.9 Å². The largest absolute Gasteiger partial charge is 0.366 e. The van der Waals surface area contributed by atoms with Gasteiger partial charge in [-0.1, -0.05) is 6.42 Å². The minimum Gasteiger partial charge on any atom is -0.366 e. The maximum Gasteiger partial charge on any atom is 0.251 e. The molecule has 0 bridgehead atoms. The Balaban J connectivity index is 2.04. The second-order valence-electron chi connectivity index (χ2n) is 5.34. The summed E-state index contributed by atoms with van der Waals surface area (Å²) in [6, 6.07) is 3.75. The van der Waals surface area contributed by atoms with Crippen LogP contribution in [-0.2, 0) is 4.79 Å². The first-order valence-corrected chi connectivity index (χ1v) is 6.55. The molecule has 0 radical (unpaired) electrons. The van der Waals surface area contributed by atoms with Crippen molar-refractivity contribution < 1.29 is 14.0 Å². The van der Waals surface area contributed by atoms with E-state index in [0.717, 1.165) is 25.3 Å². The number of benzene rings is 1. The highest BCUT2D eigenvalue weighted by Gasteiger charge is 2.37. The van der Waals surface area contributed by atoms with Crippen LogP contribution in [0.15, 0.2) is 18.2 Å². The van der Waals surface area contributed by atoms with E-state index in [2.05, 4.69) is 5.32 Å². The van der Waals surface area contributed by atoms with Gasteiger partial charge >= 0.3 is 0 Å². The first-order chi connectivity index (χ1) is 9.46. The lowest BCUT2D eigenvalue weighted by atomic mass is 9.66. The fourth-order valence-corrected chi connectivity index (χ4v) is 2.47. The molecule has 6 heteroatoms. The summed E-state index contributed by atoms with van der Waals surface area (Å²) in [6.07, 6.45) is 3.33. The molecule has 1 fully saturated rings. The summed E-state index contributed by atoms with van der Waals surface area (Å²) in [6.45, 7) is 0.483. The lowest BCUT2D eigenvalue weighted by Gasteiger charge is -2.40. The van der Waals surface area contributed by atoms with Crippen LogP contribution in [0.2, 0.25) is 0 Å². The maximum absolute atomic E-state index is 13.3. The summed E-state index contributed by atoms with van der Waals surface area (Å²) in [5.74, 6) is -1.75. The molecule has 108 valence electrons. The summed E-state index contributed by atoms with van der Waals surface area (Å²) >= 11 is 0. The third kappa shape index (κ3) is 2.96. The van der Waals surface area contributed by atoms with Crippen molar-refractivity contribution in [1.29, 1.82) is 0 Å². The number of carbonyl (C=O) groups excluding carboxylic acids is 2. The van der Waals surface area contributed by atoms with E-state index in [0.29, 0.717) is 18.7 Å². The molecular formula is C14H18FN3O2. The van der Waals surface area contributed by atoms with E-state index in [1.807, 2.05) is 0 Å². The normalized spacial score (nSPS) is 16.3. The molecular weight excluding hydrogens is 261 g/mol. The van der Waals surface area contributed by atoms with E-state index < -0.39 is 11.7 Å². The molecule has 5 nitrogen and oxygen atoms in total. The van der Waals surface area contributed by atoms with Gasteiger partial charge in [0.25, 0.3) is 5.91 Å². The predicted molar refractivity (Wildman–Crippen MR) is 73.5 cm³/mol. The molecule has 0 saturated heterocycles. The average Bonchev–Trinajstić information content (AvgIpc) is 2.36. The topological polar surface area (TPSA) is 98.2 Å². The fraction of sp³-hybridized carbons (Fsp3) is 0.429. The Morgan fingerprint density at radius 3 is 2.55 bits per heavy atom. The van der Waals surface area contributed by atoms with Crippen LogP contribution in [0.5, 0.6) is 0 Å². The van der Waals surface area contributed by atoms with Crippen LogP contribution in [0.4, 0.5) is 10.1 Å². The van der Waals surface area contributed by atoms with Gasteiger partial charge < -0.3 is 16.8 Å². The zero-order valence-corrected chi connectivity index (χ0v) is 11.1. The molecule has 0 unspecified atom stereocenters. The van der Waals surface area contributed by atoms with Crippen LogP contribution in [0.25, 0.3) is 0 Å². The molecule has 0 heterocycles.